The highest BCUT2D eigenvalue weighted by molar-refractivity contribution is 7.13. The molecule has 7 nitrogen and oxygen atoms in total. The highest BCUT2D eigenvalue weighted by Gasteiger charge is 2.29. The molecule has 0 saturated carbocycles. The second kappa shape index (κ2) is 9.71. The Hall–Kier alpha value is -3.36. The van der Waals surface area contributed by atoms with Crippen LogP contribution in [0.1, 0.15) is 46.0 Å². The quantitative estimate of drug-likeness (QED) is 0.380. The molecule has 1 saturated heterocycles. The summed E-state index contributed by atoms with van der Waals surface area (Å²) in [7, 11) is 0. The molecule has 0 N–H and O–H groups in total. The summed E-state index contributed by atoms with van der Waals surface area (Å²) in [5.41, 5.74) is 6.13. The normalized spacial score (nSPS) is 15.4. The number of carbonyl (C=O) groups excluding carboxylic acids is 1. The summed E-state index contributed by atoms with van der Waals surface area (Å²) in [6, 6.07) is 14.4. The molecule has 3 heterocycles. The lowest BCUT2D eigenvalue weighted by Gasteiger charge is -2.36. The molecule has 1 amide bonds. The summed E-state index contributed by atoms with van der Waals surface area (Å²) in [6.07, 6.45) is 0. The molecule has 5 rings (SSSR count). The summed E-state index contributed by atoms with van der Waals surface area (Å²) in [4.78, 5) is 26.6. The molecule has 2 aromatic carbocycles. The van der Waals surface area contributed by atoms with Crippen LogP contribution in [0.4, 0.5) is 0 Å². The molecule has 0 bridgehead atoms. The van der Waals surface area contributed by atoms with Gasteiger partial charge in [-0.3, -0.25) is 9.69 Å². The number of carbonyl (C=O) groups is 1. The second-order valence-corrected chi connectivity index (χ2v) is 10.0. The summed E-state index contributed by atoms with van der Waals surface area (Å²) in [6.45, 7) is 11.0. The van der Waals surface area contributed by atoms with Crippen LogP contribution >= 0.6 is 11.3 Å². The molecule has 0 spiro atoms. The minimum Gasteiger partial charge on any atom is -0.337 e. The van der Waals surface area contributed by atoms with Gasteiger partial charge in [-0.2, -0.15) is 4.98 Å². The number of nitrogens with zero attached hydrogens (tertiary/aromatic N) is 5. The van der Waals surface area contributed by atoms with Crippen molar-refractivity contribution in [3.63, 3.8) is 0 Å². The van der Waals surface area contributed by atoms with Crippen LogP contribution in [0.15, 0.2) is 52.4 Å². The maximum atomic E-state index is 13.1. The Labute approximate surface area is 209 Å². The molecule has 180 valence electrons. The molecule has 1 aliphatic rings. The van der Waals surface area contributed by atoms with Crippen molar-refractivity contribution in [3.8, 4) is 22.0 Å². The van der Waals surface area contributed by atoms with Crippen molar-refractivity contribution in [3.05, 3.63) is 76.1 Å². The number of rotatable bonds is 5. The predicted molar refractivity (Wildman–Crippen MR) is 137 cm³/mol. The van der Waals surface area contributed by atoms with E-state index in [-0.39, 0.29) is 11.9 Å². The van der Waals surface area contributed by atoms with Gasteiger partial charge in [0.05, 0.1) is 6.04 Å². The highest BCUT2D eigenvalue weighted by atomic mass is 32.1. The van der Waals surface area contributed by atoms with Gasteiger partial charge >= 0.3 is 0 Å². The molecule has 2 aromatic heterocycles. The monoisotopic (exact) mass is 487 g/mol. The fraction of sp³-hybridized carbons (Fsp3) is 0.333. The molecular weight excluding hydrogens is 458 g/mol. The molecule has 0 radical (unpaired) electrons. The summed E-state index contributed by atoms with van der Waals surface area (Å²) in [5, 5.41) is 6.93. The fourth-order valence-corrected chi connectivity index (χ4v) is 5.29. The van der Waals surface area contributed by atoms with Crippen LogP contribution in [-0.4, -0.2) is 57.0 Å². The van der Waals surface area contributed by atoms with Gasteiger partial charge in [0.25, 0.3) is 5.91 Å². The Balaban J connectivity index is 1.21. The molecule has 1 aliphatic heterocycles. The standard InChI is InChI=1S/C27H29N5O2S/c1-17-5-8-21(9-6-17)24-29-25(34-30-24)20(4)31-11-13-32(14-12-31)27(33)23-16-35-26(28-23)22-10-7-18(2)15-19(22)3/h5-10,15-16,20H,11-14H2,1-4H3. The number of aromatic nitrogens is 3. The zero-order chi connectivity index (χ0) is 24.5. The number of aryl methyl sites for hydroxylation is 3. The van der Waals surface area contributed by atoms with Crippen molar-refractivity contribution >= 4 is 17.2 Å². The first-order valence-electron chi connectivity index (χ1n) is 11.9. The maximum Gasteiger partial charge on any atom is 0.273 e. The molecule has 0 aliphatic carbocycles. The highest BCUT2D eigenvalue weighted by Crippen LogP contribution is 2.29. The van der Waals surface area contributed by atoms with Gasteiger partial charge in [0.2, 0.25) is 11.7 Å². The first-order chi connectivity index (χ1) is 16.9. The van der Waals surface area contributed by atoms with Crippen LogP contribution in [0.3, 0.4) is 0 Å². The van der Waals surface area contributed by atoms with Crippen LogP contribution in [0, 0.1) is 20.8 Å². The van der Waals surface area contributed by atoms with E-state index in [9.17, 15) is 4.79 Å². The topological polar surface area (TPSA) is 75.4 Å². The zero-order valence-electron chi connectivity index (χ0n) is 20.5. The number of hydrogen-bond donors (Lipinski definition) is 0. The number of amides is 1. The van der Waals surface area contributed by atoms with E-state index >= 15 is 0 Å². The Morgan fingerprint density at radius 2 is 1.69 bits per heavy atom. The van der Waals surface area contributed by atoms with Crippen LogP contribution in [0.25, 0.3) is 22.0 Å². The number of thiazole rings is 1. The van der Waals surface area contributed by atoms with Crippen molar-refractivity contribution in [1.82, 2.24) is 24.9 Å². The van der Waals surface area contributed by atoms with Crippen molar-refractivity contribution < 1.29 is 9.32 Å². The molecule has 1 fully saturated rings. The van der Waals surface area contributed by atoms with E-state index < -0.39 is 0 Å². The largest absolute Gasteiger partial charge is 0.337 e. The summed E-state index contributed by atoms with van der Waals surface area (Å²) in [5.74, 6) is 1.19. The lowest BCUT2D eigenvalue weighted by Crippen LogP contribution is -2.49. The van der Waals surface area contributed by atoms with Gasteiger partial charge in [-0.1, -0.05) is 58.7 Å². The Kier molecular flexibility index (Phi) is 6.49. The number of benzene rings is 2. The number of piperazine rings is 1. The summed E-state index contributed by atoms with van der Waals surface area (Å²) >= 11 is 1.52. The van der Waals surface area contributed by atoms with Crippen molar-refractivity contribution in [2.45, 2.75) is 33.7 Å². The minimum absolute atomic E-state index is 0.0102. The molecule has 1 unspecified atom stereocenters. The third-order valence-electron chi connectivity index (χ3n) is 6.59. The minimum atomic E-state index is -0.0191. The zero-order valence-corrected chi connectivity index (χ0v) is 21.3. The lowest BCUT2D eigenvalue weighted by molar-refractivity contribution is 0.0547. The lowest BCUT2D eigenvalue weighted by atomic mass is 10.1. The summed E-state index contributed by atoms with van der Waals surface area (Å²) < 4.78 is 5.58. The smallest absolute Gasteiger partial charge is 0.273 e. The van der Waals surface area contributed by atoms with E-state index in [1.165, 1.54) is 28.0 Å². The third kappa shape index (κ3) is 4.90. The Bertz CT molecular complexity index is 1340. The van der Waals surface area contributed by atoms with Gasteiger partial charge in [0.1, 0.15) is 10.7 Å². The molecule has 8 heteroatoms. The third-order valence-corrected chi connectivity index (χ3v) is 7.47. The van der Waals surface area contributed by atoms with Crippen molar-refractivity contribution in [1.29, 1.82) is 0 Å². The van der Waals surface area contributed by atoms with E-state index in [1.807, 2.05) is 34.5 Å². The van der Waals surface area contributed by atoms with Crippen molar-refractivity contribution in [2.75, 3.05) is 26.2 Å². The number of hydrogen-bond acceptors (Lipinski definition) is 7. The van der Waals surface area contributed by atoms with Crippen LogP contribution in [0.5, 0.6) is 0 Å². The molecule has 35 heavy (non-hydrogen) atoms. The van der Waals surface area contributed by atoms with Gasteiger partial charge in [0.15, 0.2) is 0 Å². The van der Waals surface area contributed by atoms with E-state index in [0.717, 1.165) is 29.2 Å². The second-order valence-electron chi connectivity index (χ2n) is 9.18. The van der Waals surface area contributed by atoms with E-state index in [1.54, 1.807) is 0 Å². The average molecular weight is 488 g/mol. The van der Waals surface area contributed by atoms with E-state index in [0.29, 0.717) is 30.5 Å². The van der Waals surface area contributed by atoms with Gasteiger partial charge < -0.3 is 9.42 Å². The SMILES string of the molecule is Cc1ccc(-c2noc(C(C)N3CCN(C(=O)c4csc(-c5ccc(C)cc5C)n4)CC3)n2)cc1. The van der Waals surface area contributed by atoms with Gasteiger partial charge in [-0.05, 0) is 33.3 Å². The average Bonchev–Trinajstić information content (AvgIpc) is 3.54. The van der Waals surface area contributed by atoms with E-state index in [2.05, 4.69) is 65.9 Å². The predicted octanol–water partition coefficient (Wildman–Crippen LogP) is 5.30. The molecule has 1 atom stereocenters. The first kappa shape index (κ1) is 23.4. The van der Waals surface area contributed by atoms with Gasteiger partial charge in [-0.25, -0.2) is 4.98 Å². The van der Waals surface area contributed by atoms with Crippen LogP contribution < -0.4 is 0 Å². The first-order valence-corrected chi connectivity index (χ1v) is 12.7. The van der Waals surface area contributed by atoms with Crippen LogP contribution in [0.2, 0.25) is 0 Å². The maximum absolute atomic E-state index is 13.1. The Morgan fingerprint density at radius 1 is 0.971 bits per heavy atom. The van der Waals surface area contributed by atoms with Crippen LogP contribution in [-0.2, 0) is 0 Å². The van der Waals surface area contributed by atoms with E-state index in [4.69, 9.17) is 4.52 Å². The Morgan fingerprint density at radius 3 is 2.40 bits per heavy atom. The van der Waals surface area contributed by atoms with Gasteiger partial charge in [0, 0.05) is 42.7 Å². The molecular formula is C27H29N5O2S. The van der Waals surface area contributed by atoms with Crippen molar-refractivity contribution in [2.24, 2.45) is 0 Å². The fourth-order valence-electron chi connectivity index (χ4n) is 4.40. The molecule has 4 aromatic rings. The van der Waals surface area contributed by atoms with Gasteiger partial charge in [-0.15, -0.1) is 11.3 Å².